The van der Waals surface area contributed by atoms with Gasteiger partial charge in [-0.3, -0.25) is 4.90 Å². The summed E-state index contributed by atoms with van der Waals surface area (Å²) in [6.45, 7) is 16.8. The van der Waals surface area contributed by atoms with Gasteiger partial charge in [-0.1, -0.05) is 20.8 Å². The van der Waals surface area contributed by atoms with Gasteiger partial charge in [0.2, 0.25) is 0 Å². The van der Waals surface area contributed by atoms with E-state index in [4.69, 9.17) is 9.16 Å². The molecular weight excluding hydrogens is 298 g/mol. The summed E-state index contributed by atoms with van der Waals surface area (Å²) in [6.07, 6.45) is -0.381. The Morgan fingerprint density at radius 1 is 1.27 bits per heavy atom. The Hall–Kier alpha value is -0.593. The molecule has 0 aromatic carbocycles. The molecule has 0 aromatic heterocycles. The topological polar surface area (TPSA) is 59.0 Å². The number of hydrogen-bond donors (Lipinski definition) is 1. The number of rotatable bonds is 3. The summed E-state index contributed by atoms with van der Waals surface area (Å²) >= 11 is 0. The molecule has 22 heavy (non-hydrogen) atoms. The zero-order chi connectivity index (χ0) is 17.3. The number of β-amino-alcohol motifs (C(OH)–C–C–N with tert-alkyl or cyclic N) is 1. The summed E-state index contributed by atoms with van der Waals surface area (Å²) < 4.78 is 11.6. The van der Waals surface area contributed by atoms with Crippen LogP contribution in [0.3, 0.4) is 0 Å². The van der Waals surface area contributed by atoms with Crippen molar-refractivity contribution >= 4 is 15.1 Å². The molecule has 0 unspecified atom stereocenters. The van der Waals surface area contributed by atoms with E-state index in [0.29, 0.717) is 19.6 Å². The van der Waals surface area contributed by atoms with Crippen molar-refractivity contribution in [3.05, 3.63) is 0 Å². The molecule has 1 saturated heterocycles. The van der Waals surface area contributed by atoms with Gasteiger partial charge >= 0.3 is 6.09 Å². The normalized spacial score (nSPS) is 26.6. The maximum atomic E-state index is 12.7. The summed E-state index contributed by atoms with van der Waals surface area (Å²) in [5.41, 5.74) is -1.31. The van der Waals surface area contributed by atoms with E-state index in [2.05, 4.69) is 33.9 Å². The number of likely N-dealkylation sites (tertiary alicyclic amines) is 1. The fourth-order valence-electron chi connectivity index (χ4n) is 2.89. The largest absolute Gasteiger partial charge is 0.444 e. The van der Waals surface area contributed by atoms with Crippen LogP contribution in [0.5, 0.6) is 0 Å². The predicted octanol–water partition coefficient (Wildman–Crippen LogP) is 2.77. The Bertz CT molecular complexity index is 400. The molecule has 0 radical (unpaired) electrons. The third kappa shape index (κ3) is 4.46. The number of carbonyl (C=O) groups excluding carboxylic acids is 1. The predicted molar refractivity (Wildman–Crippen MR) is 90.6 cm³/mol. The van der Waals surface area contributed by atoms with Gasteiger partial charge in [-0.15, -0.1) is 0 Å². The van der Waals surface area contributed by atoms with Crippen molar-refractivity contribution in [3.8, 4) is 0 Å². The highest BCUT2D eigenvalue weighted by Gasteiger charge is 2.55. The standard InChI is InChI=1S/C16H33NO4Si/c1-14(2,3)16(11-20-22(7)8)9-12(18)10-17(16)13(19)21-15(4,5)6/h12,18,22H,9-11H2,1-8H3/t12-,16-/m1/s1. The van der Waals surface area contributed by atoms with Gasteiger partial charge in [0.1, 0.15) is 5.60 Å². The summed E-state index contributed by atoms with van der Waals surface area (Å²) in [5, 5.41) is 10.2. The Balaban J connectivity index is 3.12. The van der Waals surface area contributed by atoms with Crippen LogP contribution in [0.25, 0.3) is 0 Å². The first-order valence-electron chi connectivity index (χ1n) is 8.09. The number of carbonyl (C=O) groups is 1. The number of hydrogen-bond acceptors (Lipinski definition) is 4. The van der Waals surface area contributed by atoms with Crippen LogP contribution in [-0.4, -0.2) is 55.5 Å². The summed E-state index contributed by atoms with van der Waals surface area (Å²) in [7, 11) is -1.22. The van der Waals surface area contributed by atoms with Gasteiger partial charge in [0.15, 0.2) is 9.04 Å². The number of aliphatic hydroxyl groups is 1. The van der Waals surface area contributed by atoms with Crippen LogP contribution in [-0.2, 0) is 9.16 Å². The molecule has 2 atom stereocenters. The van der Waals surface area contributed by atoms with Crippen LogP contribution in [0, 0.1) is 5.41 Å². The van der Waals surface area contributed by atoms with Crippen LogP contribution in [0.1, 0.15) is 48.0 Å². The second-order valence-corrected chi connectivity index (χ2v) is 11.0. The maximum Gasteiger partial charge on any atom is 0.410 e. The lowest BCUT2D eigenvalue weighted by molar-refractivity contribution is -0.0378. The average Bonchev–Trinajstić information content (AvgIpc) is 2.62. The lowest BCUT2D eigenvalue weighted by Crippen LogP contribution is -2.59. The highest BCUT2D eigenvalue weighted by Crippen LogP contribution is 2.44. The fraction of sp³-hybridized carbons (Fsp3) is 0.938. The first-order valence-corrected chi connectivity index (χ1v) is 10.9. The van der Waals surface area contributed by atoms with Crippen molar-refractivity contribution in [1.29, 1.82) is 0 Å². The van der Waals surface area contributed by atoms with Gasteiger partial charge in [0.25, 0.3) is 0 Å². The van der Waals surface area contributed by atoms with Crippen molar-refractivity contribution in [1.82, 2.24) is 4.90 Å². The number of nitrogens with zero attached hydrogens (tertiary/aromatic N) is 1. The first kappa shape index (κ1) is 19.5. The highest BCUT2D eigenvalue weighted by atomic mass is 28.3. The third-order valence-corrected chi connectivity index (χ3v) is 4.98. The van der Waals surface area contributed by atoms with Crippen molar-refractivity contribution in [3.63, 3.8) is 0 Å². The zero-order valence-electron chi connectivity index (χ0n) is 15.4. The number of aliphatic hydroxyl groups excluding tert-OH is 1. The molecule has 1 N–H and O–H groups in total. The second-order valence-electron chi connectivity index (χ2n) is 8.59. The van der Waals surface area contributed by atoms with E-state index in [1.807, 2.05) is 20.8 Å². The van der Waals surface area contributed by atoms with Crippen LogP contribution >= 0.6 is 0 Å². The Labute approximate surface area is 136 Å². The molecule has 1 amide bonds. The van der Waals surface area contributed by atoms with Gasteiger partial charge in [-0.05, 0) is 39.3 Å². The fourth-order valence-corrected chi connectivity index (χ4v) is 3.49. The molecule has 1 heterocycles. The van der Waals surface area contributed by atoms with E-state index in [9.17, 15) is 9.90 Å². The minimum absolute atomic E-state index is 0.218. The van der Waals surface area contributed by atoms with Crippen molar-refractivity contribution < 1.29 is 19.1 Å². The molecular formula is C16H33NO4Si. The minimum Gasteiger partial charge on any atom is -0.444 e. The third-order valence-electron chi connectivity index (χ3n) is 4.15. The molecule has 0 bridgehead atoms. The van der Waals surface area contributed by atoms with E-state index in [1.54, 1.807) is 4.90 Å². The van der Waals surface area contributed by atoms with E-state index < -0.39 is 26.3 Å². The molecule has 0 saturated carbocycles. The summed E-state index contributed by atoms with van der Waals surface area (Å²) in [4.78, 5) is 14.4. The minimum atomic E-state index is -1.22. The first-order chi connectivity index (χ1) is 9.78. The van der Waals surface area contributed by atoms with Crippen molar-refractivity contribution in [2.24, 2.45) is 5.41 Å². The molecule has 1 rings (SSSR count). The van der Waals surface area contributed by atoms with Crippen LogP contribution in [0.15, 0.2) is 0 Å². The molecule has 6 heteroatoms. The maximum absolute atomic E-state index is 12.7. The monoisotopic (exact) mass is 331 g/mol. The van der Waals surface area contributed by atoms with E-state index in [0.717, 1.165) is 0 Å². The quantitative estimate of drug-likeness (QED) is 0.808. The van der Waals surface area contributed by atoms with E-state index >= 15 is 0 Å². The molecule has 5 nitrogen and oxygen atoms in total. The van der Waals surface area contributed by atoms with Gasteiger partial charge in [0, 0.05) is 6.42 Å². The SMILES string of the molecule is C[SiH](C)OC[C@@]1(C(C)(C)C)C[C@@H](O)CN1C(=O)OC(C)(C)C. The number of ether oxygens (including phenoxy) is 1. The van der Waals surface area contributed by atoms with Gasteiger partial charge in [-0.25, -0.2) is 4.79 Å². The molecule has 1 aliphatic heterocycles. The number of amides is 1. The molecule has 1 aliphatic rings. The second kappa shape index (κ2) is 6.49. The van der Waals surface area contributed by atoms with Crippen molar-refractivity contribution in [2.75, 3.05) is 13.2 Å². The van der Waals surface area contributed by atoms with Crippen LogP contribution in [0.2, 0.25) is 13.1 Å². The van der Waals surface area contributed by atoms with E-state index in [-0.39, 0.29) is 11.5 Å². The van der Waals surface area contributed by atoms with Gasteiger partial charge < -0.3 is 14.3 Å². The smallest absolute Gasteiger partial charge is 0.410 e. The summed E-state index contributed by atoms with van der Waals surface area (Å²) in [6, 6.07) is 0. The van der Waals surface area contributed by atoms with Gasteiger partial charge in [-0.2, -0.15) is 0 Å². The lowest BCUT2D eigenvalue weighted by atomic mass is 9.72. The van der Waals surface area contributed by atoms with Crippen molar-refractivity contribution in [2.45, 2.75) is 78.3 Å². The van der Waals surface area contributed by atoms with Crippen LogP contribution in [0.4, 0.5) is 4.79 Å². The highest BCUT2D eigenvalue weighted by molar-refractivity contribution is 6.48. The average molecular weight is 332 g/mol. The molecule has 130 valence electrons. The summed E-state index contributed by atoms with van der Waals surface area (Å²) in [5.74, 6) is 0. The zero-order valence-corrected chi connectivity index (χ0v) is 16.5. The molecule has 0 spiro atoms. The Kier molecular flexibility index (Phi) is 5.74. The molecule has 1 fully saturated rings. The lowest BCUT2D eigenvalue weighted by Gasteiger charge is -2.48. The molecule has 0 aromatic rings. The van der Waals surface area contributed by atoms with Crippen LogP contribution < -0.4 is 0 Å². The molecule has 0 aliphatic carbocycles. The van der Waals surface area contributed by atoms with Gasteiger partial charge in [0.05, 0.1) is 24.8 Å². The Morgan fingerprint density at radius 3 is 2.23 bits per heavy atom. The van der Waals surface area contributed by atoms with E-state index in [1.165, 1.54) is 0 Å². The Morgan fingerprint density at radius 2 is 1.82 bits per heavy atom.